The van der Waals surface area contributed by atoms with Crippen molar-refractivity contribution in [3.63, 3.8) is 0 Å². The van der Waals surface area contributed by atoms with Gasteiger partial charge in [-0.15, -0.1) is 0 Å². The van der Waals surface area contributed by atoms with Gasteiger partial charge in [0.05, 0.1) is 12.9 Å². The summed E-state index contributed by atoms with van der Waals surface area (Å²) in [5.74, 6) is 1.00. The Morgan fingerprint density at radius 2 is 1.89 bits per heavy atom. The van der Waals surface area contributed by atoms with Crippen LogP contribution in [0.15, 0.2) is 30.9 Å². The first-order chi connectivity index (χ1) is 8.66. The van der Waals surface area contributed by atoms with E-state index in [1.807, 2.05) is 12.5 Å². The Morgan fingerprint density at radius 3 is 2.61 bits per heavy atom. The second kappa shape index (κ2) is 5.71. The number of hydrogen-bond donors (Lipinski definition) is 0. The summed E-state index contributed by atoms with van der Waals surface area (Å²) in [6.45, 7) is 8.03. The summed E-state index contributed by atoms with van der Waals surface area (Å²) in [5, 5.41) is 0. The predicted octanol–water partition coefficient (Wildman–Crippen LogP) is 3.28. The van der Waals surface area contributed by atoms with E-state index in [4.69, 9.17) is 4.74 Å². The zero-order valence-electron chi connectivity index (χ0n) is 11.3. The van der Waals surface area contributed by atoms with Gasteiger partial charge in [-0.2, -0.15) is 0 Å². The number of nitrogens with zero attached hydrogens (tertiary/aromatic N) is 2. The van der Waals surface area contributed by atoms with E-state index < -0.39 is 0 Å². The normalized spacial score (nSPS) is 10.6. The highest BCUT2D eigenvalue weighted by atomic mass is 16.5. The van der Waals surface area contributed by atoms with Crippen LogP contribution >= 0.6 is 0 Å². The number of ether oxygens (including phenoxy) is 1. The molecule has 1 heterocycles. The Labute approximate surface area is 108 Å². The molecule has 0 amide bonds. The Morgan fingerprint density at radius 1 is 1.11 bits per heavy atom. The zero-order valence-corrected chi connectivity index (χ0v) is 11.3. The van der Waals surface area contributed by atoms with Gasteiger partial charge in [0, 0.05) is 18.9 Å². The third kappa shape index (κ3) is 3.13. The summed E-state index contributed by atoms with van der Waals surface area (Å²) in [4.78, 5) is 4.02. The first kappa shape index (κ1) is 12.7. The van der Waals surface area contributed by atoms with Gasteiger partial charge in [-0.05, 0) is 49.9 Å². The maximum Gasteiger partial charge on any atom is 0.122 e. The van der Waals surface area contributed by atoms with E-state index in [9.17, 15) is 0 Å². The van der Waals surface area contributed by atoms with Crippen molar-refractivity contribution in [3.05, 3.63) is 47.5 Å². The Hall–Kier alpha value is -1.77. The summed E-state index contributed by atoms with van der Waals surface area (Å²) in [6, 6.07) is 4.31. The molecule has 0 bridgehead atoms. The lowest BCUT2D eigenvalue weighted by Gasteiger charge is -2.11. The summed E-state index contributed by atoms with van der Waals surface area (Å²) in [5.41, 5.74) is 3.81. The van der Waals surface area contributed by atoms with Gasteiger partial charge in [-0.1, -0.05) is 6.07 Å². The first-order valence-corrected chi connectivity index (χ1v) is 6.33. The summed E-state index contributed by atoms with van der Waals surface area (Å²) in [6.07, 6.45) is 6.60. The molecule has 0 radical (unpaired) electrons. The molecule has 2 aromatic rings. The van der Waals surface area contributed by atoms with Crippen LogP contribution in [-0.2, 0) is 6.54 Å². The molecule has 0 saturated carbocycles. The number of imidazole rings is 1. The van der Waals surface area contributed by atoms with Gasteiger partial charge in [-0.3, -0.25) is 0 Å². The van der Waals surface area contributed by atoms with Crippen LogP contribution in [0, 0.1) is 20.8 Å². The molecule has 0 N–H and O–H groups in total. The third-order valence-electron chi connectivity index (χ3n) is 3.17. The molecule has 0 saturated heterocycles. The fourth-order valence-electron chi connectivity index (χ4n) is 1.94. The van der Waals surface area contributed by atoms with Crippen molar-refractivity contribution in [2.45, 2.75) is 33.7 Å². The molecule has 0 atom stereocenters. The molecule has 0 spiro atoms. The van der Waals surface area contributed by atoms with Gasteiger partial charge in [0.15, 0.2) is 0 Å². The van der Waals surface area contributed by atoms with Crippen LogP contribution < -0.4 is 4.74 Å². The molecule has 0 unspecified atom stereocenters. The van der Waals surface area contributed by atoms with E-state index >= 15 is 0 Å². The monoisotopic (exact) mass is 244 g/mol. The van der Waals surface area contributed by atoms with Crippen molar-refractivity contribution in [1.82, 2.24) is 9.55 Å². The molecular weight excluding hydrogens is 224 g/mol. The van der Waals surface area contributed by atoms with E-state index in [2.05, 4.69) is 42.5 Å². The summed E-state index contributed by atoms with van der Waals surface area (Å²) >= 11 is 0. The minimum Gasteiger partial charge on any atom is -0.493 e. The minimum absolute atomic E-state index is 0.738. The van der Waals surface area contributed by atoms with Gasteiger partial charge in [0.1, 0.15) is 5.75 Å². The fraction of sp³-hybridized carbons (Fsp3) is 0.400. The smallest absolute Gasteiger partial charge is 0.122 e. The Kier molecular flexibility index (Phi) is 4.03. The molecule has 1 aromatic heterocycles. The largest absolute Gasteiger partial charge is 0.493 e. The van der Waals surface area contributed by atoms with Crippen LogP contribution in [0.5, 0.6) is 5.75 Å². The van der Waals surface area contributed by atoms with Crippen molar-refractivity contribution in [3.8, 4) is 5.75 Å². The van der Waals surface area contributed by atoms with Crippen molar-refractivity contribution in [2.24, 2.45) is 0 Å². The average molecular weight is 244 g/mol. The second-order valence-corrected chi connectivity index (χ2v) is 4.70. The highest BCUT2D eigenvalue weighted by Gasteiger charge is 2.02. The molecule has 1 aromatic carbocycles. The van der Waals surface area contributed by atoms with E-state index in [0.29, 0.717) is 0 Å². The maximum absolute atomic E-state index is 5.84. The lowest BCUT2D eigenvalue weighted by molar-refractivity contribution is 0.299. The number of aryl methyl sites for hydroxylation is 4. The van der Waals surface area contributed by atoms with Crippen molar-refractivity contribution >= 4 is 0 Å². The molecule has 0 aliphatic rings. The quantitative estimate of drug-likeness (QED) is 0.755. The van der Waals surface area contributed by atoms with Gasteiger partial charge >= 0.3 is 0 Å². The van der Waals surface area contributed by atoms with Crippen LogP contribution in [0.3, 0.4) is 0 Å². The van der Waals surface area contributed by atoms with Crippen LogP contribution in [0.1, 0.15) is 23.1 Å². The molecule has 3 nitrogen and oxygen atoms in total. The summed E-state index contributed by atoms with van der Waals surface area (Å²) < 4.78 is 7.90. The Balaban J connectivity index is 1.85. The molecule has 0 fully saturated rings. The number of hydrogen-bond acceptors (Lipinski definition) is 2. The van der Waals surface area contributed by atoms with Gasteiger partial charge in [-0.25, -0.2) is 4.98 Å². The molecule has 0 aliphatic carbocycles. The standard InChI is InChI=1S/C15H20N2O/c1-12-9-14(3)15(10-13(12)2)18-8-4-6-17-7-5-16-11-17/h5,7,9-11H,4,6,8H2,1-3H3. The molecular formula is C15H20N2O. The van der Waals surface area contributed by atoms with Crippen LogP contribution in [0.2, 0.25) is 0 Å². The molecule has 2 rings (SSSR count). The predicted molar refractivity (Wildman–Crippen MR) is 73.0 cm³/mol. The molecule has 0 aliphatic heterocycles. The van der Waals surface area contributed by atoms with Crippen LogP contribution in [0.4, 0.5) is 0 Å². The summed E-state index contributed by atoms with van der Waals surface area (Å²) in [7, 11) is 0. The van der Waals surface area contributed by atoms with Gasteiger partial charge in [0.2, 0.25) is 0 Å². The maximum atomic E-state index is 5.84. The lowest BCUT2D eigenvalue weighted by atomic mass is 10.1. The average Bonchev–Trinajstić information content (AvgIpc) is 2.84. The van der Waals surface area contributed by atoms with Crippen LogP contribution in [0.25, 0.3) is 0 Å². The number of aromatic nitrogens is 2. The molecule has 3 heteroatoms. The van der Waals surface area contributed by atoms with E-state index in [-0.39, 0.29) is 0 Å². The highest BCUT2D eigenvalue weighted by Crippen LogP contribution is 2.22. The van der Waals surface area contributed by atoms with E-state index in [0.717, 1.165) is 25.3 Å². The van der Waals surface area contributed by atoms with E-state index in [1.54, 1.807) is 6.20 Å². The number of rotatable bonds is 5. The first-order valence-electron chi connectivity index (χ1n) is 6.33. The topological polar surface area (TPSA) is 27.1 Å². The molecule has 96 valence electrons. The van der Waals surface area contributed by atoms with Crippen molar-refractivity contribution < 1.29 is 4.74 Å². The van der Waals surface area contributed by atoms with Gasteiger partial charge in [0.25, 0.3) is 0 Å². The van der Waals surface area contributed by atoms with Crippen molar-refractivity contribution in [2.75, 3.05) is 6.61 Å². The zero-order chi connectivity index (χ0) is 13.0. The lowest BCUT2D eigenvalue weighted by Crippen LogP contribution is -2.04. The number of benzene rings is 1. The van der Waals surface area contributed by atoms with Crippen molar-refractivity contribution in [1.29, 1.82) is 0 Å². The molecule has 18 heavy (non-hydrogen) atoms. The highest BCUT2D eigenvalue weighted by molar-refractivity contribution is 5.40. The SMILES string of the molecule is Cc1cc(C)c(OCCCn2ccnc2)cc1C. The third-order valence-corrected chi connectivity index (χ3v) is 3.17. The van der Waals surface area contributed by atoms with Gasteiger partial charge < -0.3 is 9.30 Å². The fourth-order valence-corrected chi connectivity index (χ4v) is 1.94. The van der Waals surface area contributed by atoms with Crippen LogP contribution in [-0.4, -0.2) is 16.2 Å². The Bertz CT molecular complexity index is 503. The minimum atomic E-state index is 0.738. The van der Waals surface area contributed by atoms with E-state index in [1.165, 1.54) is 16.7 Å². The second-order valence-electron chi connectivity index (χ2n) is 4.70.